The van der Waals surface area contributed by atoms with Gasteiger partial charge in [0.15, 0.2) is 0 Å². The monoisotopic (exact) mass is 781 g/mol. The third kappa shape index (κ3) is 6.07. The van der Waals surface area contributed by atoms with Gasteiger partial charge >= 0.3 is 0 Å². The van der Waals surface area contributed by atoms with Crippen molar-refractivity contribution in [3.8, 4) is 66.8 Å². The fraction of sp³-hybridized carbons (Fsp3) is 0.100. The van der Waals surface area contributed by atoms with E-state index in [1.807, 2.05) is 0 Å². The molecule has 0 saturated heterocycles. The maximum atomic E-state index is 2.54. The van der Waals surface area contributed by atoms with Crippen LogP contribution in [0.2, 0.25) is 0 Å². The van der Waals surface area contributed by atoms with Crippen LogP contribution in [0.3, 0.4) is 0 Å². The van der Waals surface area contributed by atoms with Crippen LogP contribution < -0.4 is 4.90 Å². The van der Waals surface area contributed by atoms with Crippen LogP contribution in [0, 0.1) is 0 Å². The van der Waals surface area contributed by atoms with E-state index < -0.39 is 0 Å². The van der Waals surface area contributed by atoms with Crippen LogP contribution in [-0.4, -0.2) is 0 Å². The van der Waals surface area contributed by atoms with E-state index >= 15 is 0 Å². The Balaban J connectivity index is 0.998. The summed E-state index contributed by atoms with van der Waals surface area (Å²) in [5, 5.41) is 0. The molecule has 0 spiro atoms. The minimum absolute atomic E-state index is 0.115. The summed E-state index contributed by atoms with van der Waals surface area (Å²) in [6, 6.07) is 78.2. The quantitative estimate of drug-likeness (QED) is 0.156. The van der Waals surface area contributed by atoms with Gasteiger partial charge in [-0.3, -0.25) is 0 Å². The van der Waals surface area contributed by atoms with E-state index in [1.54, 1.807) is 0 Å². The van der Waals surface area contributed by atoms with Gasteiger partial charge in [-0.25, -0.2) is 0 Å². The Morgan fingerprint density at radius 2 is 0.656 bits per heavy atom. The third-order valence-electron chi connectivity index (χ3n) is 13.5. The van der Waals surface area contributed by atoms with Crippen molar-refractivity contribution >= 4 is 17.1 Å². The van der Waals surface area contributed by atoms with Gasteiger partial charge in [0, 0.05) is 27.9 Å². The van der Waals surface area contributed by atoms with Crippen LogP contribution in [-0.2, 0) is 10.8 Å². The average Bonchev–Trinajstić information content (AvgIpc) is 3.68. The lowest BCUT2D eigenvalue weighted by Crippen LogP contribution is -2.17. The lowest BCUT2D eigenvalue weighted by molar-refractivity contribution is 0.652. The van der Waals surface area contributed by atoms with Crippen LogP contribution in [0.15, 0.2) is 212 Å². The lowest BCUT2D eigenvalue weighted by atomic mass is 9.79. The minimum Gasteiger partial charge on any atom is -0.310 e. The summed E-state index contributed by atoms with van der Waals surface area (Å²) in [7, 11) is 0. The summed E-state index contributed by atoms with van der Waals surface area (Å²) in [6.45, 7) is 9.62. The third-order valence-corrected chi connectivity index (χ3v) is 13.5. The molecule has 0 heterocycles. The first kappa shape index (κ1) is 36.8. The SMILES string of the molecule is CC1(C)c2cc(N(c3ccc(-c4ccccc4)cc3)c3ccc(-c4ccc(-c5ccccc5)cc4)cc3)ccc2-c2cc3c(cc21)-c1c(-c2ccccc2)cccc1C3(C)C. The van der Waals surface area contributed by atoms with E-state index in [9.17, 15) is 0 Å². The zero-order valence-electron chi connectivity index (χ0n) is 35.2. The molecule has 1 heteroatoms. The summed E-state index contributed by atoms with van der Waals surface area (Å²) in [5.74, 6) is 0. The molecule has 9 aromatic carbocycles. The van der Waals surface area contributed by atoms with Crippen molar-refractivity contribution in [2.45, 2.75) is 38.5 Å². The number of fused-ring (bicyclic) bond motifs is 6. The van der Waals surface area contributed by atoms with Crippen LogP contribution in [0.5, 0.6) is 0 Å². The number of nitrogens with zero attached hydrogens (tertiary/aromatic N) is 1. The second-order valence-electron chi connectivity index (χ2n) is 17.8. The van der Waals surface area contributed by atoms with Gasteiger partial charge < -0.3 is 4.90 Å². The summed E-state index contributed by atoms with van der Waals surface area (Å²) >= 11 is 0. The van der Waals surface area contributed by atoms with Crippen LogP contribution in [0.25, 0.3) is 66.8 Å². The zero-order valence-corrected chi connectivity index (χ0v) is 35.2. The summed E-state index contributed by atoms with van der Waals surface area (Å²) in [6.07, 6.45) is 0. The highest BCUT2D eigenvalue weighted by atomic mass is 15.1. The summed E-state index contributed by atoms with van der Waals surface area (Å²) in [4.78, 5) is 2.42. The molecule has 0 saturated carbocycles. The van der Waals surface area contributed by atoms with Crippen molar-refractivity contribution < 1.29 is 0 Å². The highest BCUT2D eigenvalue weighted by Gasteiger charge is 2.42. The highest BCUT2D eigenvalue weighted by Crippen LogP contribution is 2.58. The van der Waals surface area contributed by atoms with Gasteiger partial charge in [-0.05, 0) is 138 Å². The van der Waals surface area contributed by atoms with E-state index in [1.165, 1.54) is 89.0 Å². The molecule has 0 unspecified atom stereocenters. The van der Waals surface area contributed by atoms with Gasteiger partial charge in [0.05, 0.1) is 0 Å². The molecule has 0 aromatic heterocycles. The fourth-order valence-electron chi connectivity index (χ4n) is 10.2. The lowest BCUT2D eigenvalue weighted by Gasteiger charge is -2.28. The summed E-state index contributed by atoms with van der Waals surface area (Å²) < 4.78 is 0. The number of benzene rings is 9. The Kier molecular flexibility index (Phi) is 8.58. The van der Waals surface area contributed by atoms with Crippen molar-refractivity contribution in [3.63, 3.8) is 0 Å². The second kappa shape index (κ2) is 14.2. The van der Waals surface area contributed by atoms with Crippen molar-refractivity contribution in [1.82, 2.24) is 0 Å². The van der Waals surface area contributed by atoms with E-state index in [0.717, 1.165) is 17.1 Å². The number of hydrogen-bond donors (Lipinski definition) is 0. The Bertz CT molecular complexity index is 3070. The molecule has 1 nitrogen and oxygen atoms in total. The molecule has 292 valence electrons. The molecule has 9 aromatic rings. The first-order valence-corrected chi connectivity index (χ1v) is 21.5. The maximum absolute atomic E-state index is 2.54. The highest BCUT2D eigenvalue weighted by molar-refractivity contribution is 5.96. The predicted molar refractivity (Wildman–Crippen MR) is 258 cm³/mol. The molecule has 2 aliphatic carbocycles. The number of anilines is 3. The Labute approximate surface area is 360 Å². The molecule has 0 N–H and O–H groups in total. The standard InChI is InChI=1S/C60H47N/c1-59(2)54-22-14-21-50(46-19-12-7-13-20-46)58(54)53-39-56-52(38-57(53)59)51-36-35-49(37-55(51)60(56,3)4)61(47-31-27-44(28-32-47)41-17-10-6-11-18-41)48-33-29-45(30-34-48)43-25-23-42(24-26-43)40-15-8-5-9-16-40/h5-39H,1-4H3. The van der Waals surface area contributed by atoms with Crippen LogP contribution in [0.1, 0.15) is 49.9 Å². The van der Waals surface area contributed by atoms with Crippen molar-refractivity contribution in [2.75, 3.05) is 4.90 Å². The van der Waals surface area contributed by atoms with Gasteiger partial charge in [0.1, 0.15) is 0 Å². The van der Waals surface area contributed by atoms with E-state index in [2.05, 4.69) is 245 Å². The van der Waals surface area contributed by atoms with Crippen molar-refractivity contribution in [1.29, 1.82) is 0 Å². The summed E-state index contributed by atoms with van der Waals surface area (Å²) in [5.41, 5.74) is 23.9. The average molecular weight is 782 g/mol. The molecule has 0 atom stereocenters. The predicted octanol–water partition coefficient (Wildman–Crippen LogP) is 16.4. The van der Waals surface area contributed by atoms with E-state index in [-0.39, 0.29) is 10.8 Å². The minimum atomic E-state index is -0.205. The zero-order chi connectivity index (χ0) is 41.3. The van der Waals surface area contributed by atoms with Gasteiger partial charge in [0.25, 0.3) is 0 Å². The van der Waals surface area contributed by atoms with Crippen molar-refractivity contribution in [3.05, 3.63) is 235 Å². The molecule has 0 aliphatic heterocycles. The number of hydrogen-bond acceptors (Lipinski definition) is 1. The molecule has 0 bridgehead atoms. The van der Waals surface area contributed by atoms with Crippen LogP contribution >= 0.6 is 0 Å². The van der Waals surface area contributed by atoms with Crippen LogP contribution in [0.4, 0.5) is 17.1 Å². The first-order valence-electron chi connectivity index (χ1n) is 21.5. The smallest absolute Gasteiger partial charge is 0.0465 e. The molecule has 0 amide bonds. The van der Waals surface area contributed by atoms with Crippen molar-refractivity contribution in [2.24, 2.45) is 0 Å². The molecule has 61 heavy (non-hydrogen) atoms. The Morgan fingerprint density at radius 3 is 1.18 bits per heavy atom. The van der Waals surface area contributed by atoms with E-state index in [0.29, 0.717) is 0 Å². The topological polar surface area (TPSA) is 3.24 Å². The van der Waals surface area contributed by atoms with Gasteiger partial charge in [0.2, 0.25) is 0 Å². The first-order chi connectivity index (χ1) is 29.8. The Hall–Kier alpha value is -7.22. The van der Waals surface area contributed by atoms with Gasteiger partial charge in [-0.2, -0.15) is 0 Å². The van der Waals surface area contributed by atoms with Gasteiger partial charge in [-0.1, -0.05) is 191 Å². The maximum Gasteiger partial charge on any atom is 0.0465 e. The Morgan fingerprint density at radius 1 is 0.262 bits per heavy atom. The van der Waals surface area contributed by atoms with E-state index in [4.69, 9.17) is 0 Å². The van der Waals surface area contributed by atoms with Gasteiger partial charge in [-0.15, -0.1) is 0 Å². The molecular weight excluding hydrogens is 735 g/mol. The number of rotatable bonds is 7. The molecule has 2 aliphatic rings. The largest absolute Gasteiger partial charge is 0.310 e. The molecule has 11 rings (SSSR count). The second-order valence-corrected chi connectivity index (χ2v) is 17.8. The normalized spacial score (nSPS) is 13.8. The molecular formula is C60H47N. The fourth-order valence-corrected chi connectivity index (χ4v) is 10.2. The molecule has 0 fully saturated rings. The molecule has 0 radical (unpaired) electrons.